The van der Waals surface area contributed by atoms with Gasteiger partial charge in [-0.3, -0.25) is 0 Å². The first-order chi connectivity index (χ1) is 5.31. The molecule has 58 valence electrons. The summed E-state index contributed by atoms with van der Waals surface area (Å²) in [5.41, 5.74) is 1.02. The van der Waals surface area contributed by atoms with Gasteiger partial charge in [-0.15, -0.1) is 9.25 Å². The Hall–Kier alpha value is -0.470. The molecule has 0 bridgehead atoms. The summed E-state index contributed by atoms with van der Waals surface area (Å²) >= 11 is 0. The fourth-order valence-corrected chi connectivity index (χ4v) is 1.46. The quantitative estimate of drug-likeness (QED) is 0.474. The Bertz CT molecular complexity index is 248. The van der Waals surface area contributed by atoms with Crippen LogP contribution in [0.4, 0.5) is 5.69 Å². The van der Waals surface area contributed by atoms with E-state index in [9.17, 15) is 0 Å². The van der Waals surface area contributed by atoms with E-state index < -0.39 is 0 Å². The Kier molecular flexibility index (Phi) is 1.66. The maximum Gasteiger partial charge on any atom is 0.299 e. The molecule has 4 heteroatoms. The Labute approximate surface area is 67.0 Å². The van der Waals surface area contributed by atoms with Gasteiger partial charge in [0.1, 0.15) is 7.05 Å². The first kappa shape index (κ1) is 7.19. The molecule has 1 aromatic rings. The predicted octanol–water partition coefficient (Wildman–Crippen LogP) is 2.01. The van der Waals surface area contributed by atoms with Gasteiger partial charge in [-0.1, -0.05) is 18.2 Å². The van der Waals surface area contributed by atoms with Crippen LogP contribution in [0.5, 0.6) is 0 Å². The number of nitrogens with zero attached hydrogens (tertiary/aromatic N) is 1. The van der Waals surface area contributed by atoms with Gasteiger partial charge in [0.2, 0.25) is 5.69 Å². The molecule has 2 rings (SSSR count). The summed E-state index contributed by atoms with van der Waals surface area (Å²) in [7, 11) is 2.04. The average molecular weight is 170 g/mol. The standard InChI is InChI=1S/C7H9NO2P/c1-8(9-11-10-8)7-5-3-2-4-6-7/h2-6,11H,1H3/q+1. The van der Waals surface area contributed by atoms with Crippen LogP contribution in [0.25, 0.3) is 0 Å². The van der Waals surface area contributed by atoms with E-state index in [1.54, 1.807) is 0 Å². The lowest BCUT2D eigenvalue weighted by Crippen LogP contribution is -2.46. The van der Waals surface area contributed by atoms with Crippen molar-refractivity contribution < 1.29 is 9.25 Å². The van der Waals surface area contributed by atoms with Gasteiger partial charge >= 0.3 is 0 Å². The Morgan fingerprint density at radius 3 is 2.27 bits per heavy atom. The van der Waals surface area contributed by atoms with Crippen molar-refractivity contribution >= 4 is 14.7 Å². The van der Waals surface area contributed by atoms with Gasteiger partial charge in [0.15, 0.2) is 0 Å². The molecule has 0 aromatic heterocycles. The van der Waals surface area contributed by atoms with Gasteiger partial charge in [-0.25, -0.2) is 0 Å². The average Bonchev–Trinajstić information content (AvgIpc) is 2.02. The van der Waals surface area contributed by atoms with Crippen molar-refractivity contribution in [3.05, 3.63) is 30.3 Å². The van der Waals surface area contributed by atoms with E-state index >= 15 is 0 Å². The molecule has 0 radical (unpaired) electrons. The molecule has 1 aliphatic rings. The SMILES string of the molecule is C[N+]1(c2ccccc2)OPO1. The minimum atomic E-state index is 0.152. The van der Waals surface area contributed by atoms with Crippen molar-refractivity contribution in [1.82, 2.24) is 4.81 Å². The highest BCUT2D eigenvalue weighted by molar-refractivity contribution is 7.27. The minimum absolute atomic E-state index is 0.152. The van der Waals surface area contributed by atoms with Crippen molar-refractivity contribution in [2.75, 3.05) is 7.05 Å². The highest BCUT2D eigenvalue weighted by Gasteiger charge is 2.39. The molecule has 0 amide bonds. The second-order valence-electron chi connectivity index (χ2n) is 2.45. The molecular weight excluding hydrogens is 161 g/mol. The summed E-state index contributed by atoms with van der Waals surface area (Å²) in [5.74, 6) is 0. The summed E-state index contributed by atoms with van der Waals surface area (Å²) < 4.78 is 10.5. The Morgan fingerprint density at radius 1 is 1.18 bits per heavy atom. The van der Waals surface area contributed by atoms with E-state index in [1.807, 2.05) is 37.4 Å². The molecule has 1 aromatic carbocycles. The molecule has 1 aliphatic heterocycles. The fraction of sp³-hybridized carbons (Fsp3) is 0.143. The third-order valence-electron chi connectivity index (χ3n) is 1.65. The summed E-state index contributed by atoms with van der Waals surface area (Å²) in [6.07, 6.45) is 0. The summed E-state index contributed by atoms with van der Waals surface area (Å²) in [6, 6.07) is 9.85. The van der Waals surface area contributed by atoms with Crippen LogP contribution in [-0.4, -0.2) is 7.05 Å². The summed E-state index contributed by atoms with van der Waals surface area (Å²) in [6.45, 7) is 0. The summed E-state index contributed by atoms with van der Waals surface area (Å²) in [4.78, 5) is 0.152. The third kappa shape index (κ3) is 1.17. The number of hydroxylamine groups is 2. The monoisotopic (exact) mass is 170 g/mol. The Balaban J connectivity index is 2.29. The van der Waals surface area contributed by atoms with E-state index in [0.717, 1.165) is 5.69 Å². The zero-order valence-corrected chi connectivity index (χ0v) is 7.15. The van der Waals surface area contributed by atoms with Crippen LogP contribution < -0.4 is 4.81 Å². The highest BCUT2D eigenvalue weighted by atomic mass is 31.1. The van der Waals surface area contributed by atoms with E-state index in [1.165, 1.54) is 0 Å². The molecule has 11 heavy (non-hydrogen) atoms. The lowest BCUT2D eigenvalue weighted by atomic mass is 10.3. The lowest BCUT2D eigenvalue weighted by Gasteiger charge is -2.32. The van der Waals surface area contributed by atoms with Crippen molar-refractivity contribution in [2.45, 2.75) is 0 Å². The van der Waals surface area contributed by atoms with E-state index in [4.69, 9.17) is 9.25 Å². The van der Waals surface area contributed by atoms with Gasteiger partial charge in [0.25, 0.3) is 9.03 Å². The van der Waals surface area contributed by atoms with Crippen molar-refractivity contribution in [2.24, 2.45) is 0 Å². The largest absolute Gasteiger partial charge is 0.299 e. The van der Waals surface area contributed by atoms with Gasteiger partial charge in [-0.05, 0) is 4.81 Å². The second-order valence-corrected chi connectivity index (χ2v) is 2.98. The fourth-order valence-electron chi connectivity index (χ4n) is 0.953. The van der Waals surface area contributed by atoms with Crippen LogP contribution in [0.3, 0.4) is 0 Å². The molecular formula is C7H9NO2P+. The highest BCUT2D eigenvalue weighted by Crippen LogP contribution is 2.41. The first-order valence-corrected chi connectivity index (χ1v) is 4.17. The smallest absolute Gasteiger partial charge is 0.110 e. The number of quaternary nitrogens is 1. The summed E-state index contributed by atoms with van der Waals surface area (Å²) in [5, 5.41) is 0. The van der Waals surface area contributed by atoms with Crippen LogP contribution >= 0.6 is 9.03 Å². The maximum absolute atomic E-state index is 5.25. The van der Waals surface area contributed by atoms with Crippen LogP contribution in [0.2, 0.25) is 0 Å². The van der Waals surface area contributed by atoms with Gasteiger partial charge in [0.05, 0.1) is 0 Å². The molecule has 0 saturated carbocycles. The van der Waals surface area contributed by atoms with Crippen molar-refractivity contribution in [1.29, 1.82) is 0 Å². The minimum Gasteiger partial charge on any atom is -0.110 e. The van der Waals surface area contributed by atoms with Gasteiger partial charge in [-0.2, -0.15) is 0 Å². The van der Waals surface area contributed by atoms with Crippen LogP contribution in [0.1, 0.15) is 0 Å². The van der Waals surface area contributed by atoms with Gasteiger partial charge in [0, 0.05) is 12.1 Å². The zero-order chi connectivity index (χ0) is 7.73. The van der Waals surface area contributed by atoms with E-state index in [-0.39, 0.29) is 13.8 Å². The molecule has 1 saturated heterocycles. The Morgan fingerprint density at radius 2 is 1.82 bits per heavy atom. The van der Waals surface area contributed by atoms with E-state index in [0.29, 0.717) is 0 Å². The second kappa shape index (κ2) is 2.54. The van der Waals surface area contributed by atoms with Crippen LogP contribution in [-0.2, 0) is 9.25 Å². The van der Waals surface area contributed by atoms with E-state index in [2.05, 4.69) is 0 Å². The first-order valence-electron chi connectivity index (χ1n) is 3.35. The molecule has 1 fully saturated rings. The molecule has 0 N–H and O–H groups in total. The van der Waals surface area contributed by atoms with Crippen LogP contribution in [0, 0.1) is 0 Å². The number of hydrogen-bond acceptors (Lipinski definition) is 2. The molecule has 0 aliphatic carbocycles. The van der Waals surface area contributed by atoms with Gasteiger partial charge < -0.3 is 0 Å². The number of hydrogen-bond donors (Lipinski definition) is 0. The number of benzene rings is 1. The lowest BCUT2D eigenvalue weighted by molar-refractivity contribution is -0.281. The molecule has 0 atom stereocenters. The number of rotatable bonds is 1. The molecule has 0 spiro atoms. The van der Waals surface area contributed by atoms with Crippen LogP contribution in [0.15, 0.2) is 30.3 Å². The third-order valence-corrected chi connectivity index (χ3v) is 2.49. The molecule has 1 heterocycles. The number of para-hydroxylation sites is 1. The molecule has 0 unspecified atom stereocenters. The topological polar surface area (TPSA) is 18.5 Å². The zero-order valence-electron chi connectivity index (χ0n) is 6.15. The normalized spacial score (nSPS) is 31.7. The molecule has 3 nitrogen and oxygen atoms in total. The van der Waals surface area contributed by atoms with Crippen molar-refractivity contribution in [3.8, 4) is 0 Å². The maximum atomic E-state index is 5.25. The predicted molar refractivity (Wildman–Crippen MR) is 44.6 cm³/mol. The van der Waals surface area contributed by atoms with Crippen molar-refractivity contribution in [3.63, 3.8) is 0 Å².